The summed E-state index contributed by atoms with van der Waals surface area (Å²) in [4.78, 5) is 17.4. The number of carbonyl (C=O) groups excluding carboxylic acids is 1. The summed E-state index contributed by atoms with van der Waals surface area (Å²) >= 11 is 0. The number of imidazole rings is 1. The van der Waals surface area contributed by atoms with Gasteiger partial charge in [0.15, 0.2) is 5.78 Å². The van der Waals surface area contributed by atoms with E-state index >= 15 is 0 Å². The fraction of sp³-hybridized carbons (Fsp3) is 0.263. The van der Waals surface area contributed by atoms with Crippen LogP contribution in [0.2, 0.25) is 0 Å². The molecule has 0 saturated heterocycles. The highest BCUT2D eigenvalue weighted by Gasteiger charge is 2.24. The van der Waals surface area contributed by atoms with Gasteiger partial charge in [-0.1, -0.05) is 6.92 Å². The molecule has 24 heavy (non-hydrogen) atoms. The molecular formula is C19H16F2N2O. The van der Waals surface area contributed by atoms with Crippen LogP contribution in [-0.2, 0) is 12.8 Å². The molecule has 4 rings (SSSR count). The van der Waals surface area contributed by atoms with E-state index in [4.69, 9.17) is 0 Å². The first-order valence-electron chi connectivity index (χ1n) is 8.03. The molecule has 3 aromatic rings. The molecule has 3 nitrogen and oxygen atoms in total. The van der Waals surface area contributed by atoms with Crippen molar-refractivity contribution in [2.45, 2.75) is 26.2 Å². The summed E-state index contributed by atoms with van der Waals surface area (Å²) in [6.07, 6.45) is 4.76. The third-order valence-corrected chi connectivity index (χ3v) is 4.67. The molecule has 0 N–H and O–H groups in total. The number of carbonyl (C=O) groups is 1. The van der Waals surface area contributed by atoms with Crippen LogP contribution in [0.1, 0.15) is 40.7 Å². The van der Waals surface area contributed by atoms with Crippen LogP contribution in [0.4, 0.5) is 8.78 Å². The molecule has 0 amide bonds. The zero-order valence-corrected chi connectivity index (χ0v) is 13.2. The third-order valence-electron chi connectivity index (χ3n) is 4.67. The number of aryl methyl sites for hydroxylation is 1. The number of ketones is 1. The van der Waals surface area contributed by atoms with Gasteiger partial charge in [-0.25, -0.2) is 13.8 Å². The maximum Gasteiger partial charge on any atom is 0.199 e. The molecule has 1 unspecified atom stereocenters. The lowest BCUT2D eigenvalue weighted by Crippen LogP contribution is -2.12. The minimum atomic E-state index is -0.855. The topological polar surface area (TPSA) is 34.4 Å². The second-order valence-corrected chi connectivity index (χ2v) is 6.42. The number of nitrogens with zero attached hydrogens (tertiary/aromatic N) is 2. The average Bonchev–Trinajstić information content (AvgIpc) is 2.92. The second kappa shape index (κ2) is 5.51. The van der Waals surface area contributed by atoms with Crippen molar-refractivity contribution in [2.24, 2.45) is 5.92 Å². The van der Waals surface area contributed by atoms with Crippen molar-refractivity contribution in [3.05, 3.63) is 70.7 Å². The van der Waals surface area contributed by atoms with Gasteiger partial charge in [0, 0.05) is 18.0 Å². The molecule has 1 aliphatic rings. The van der Waals surface area contributed by atoms with Crippen LogP contribution >= 0.6 is 0 Å². The number of halogens is 2. The quantitative estimate of drug-likeness (QED) is 0.668. The maximum atomic E-state index is 14.0. The molecule has 2 heterocycles. The molecule has 1 aliphatic carbocycles. The highest BCUT2D eigenvalue weighted by Crippen LogP contribution is 2.28. The lowest BCUT2D eigenvalue weighted by atomic mass is 9.91. The van der Waals surface area contributed by atoms with Crippen LogP contribution in [0.25, 0.3) is 5.65 Å². The SMILES string of the molecule is CC1CCc2nc3c(C(=O)c4ccc(F)cc4F)cccn3c2C1. The largest absolute Gasteiger partial charge is 0.303 e. The molecule has 2 aromatic heterocycles. The predicted molar refractivity (Wildman–Crippen MR) is 86.2 cm³/mol. The Morgan fingerprint density at radius 3 is 2.88 bits per heavy atom. The fourth-order valence-corrected chi connectivity index (χ4v) is 3.39. The summed E-state index contributed by atoms with van der Waals surface area (Å²) in [6, 6.07) is 6.41. The standard InChI is InChI=1S/C19H16F2N2O/c1-11-4-7-16-17(9-11)23-8-2-3-14(19(23)22-16)18(24)13-6-5-12(20)10-15(13)21/h2-3,5-6,8,10-11H,4,7,9H2,1H3. The summed E-state index contributed by atoms with van der Waals surface area (Å²) < 4.78 is 29.0. The fourth-order valence-electron chi connectivity index (χ4n) is 3.39. The second-order valence-electron chi connectivity index (χ2n) is 6.42. The van der Waals surface area contributed by atoms with Gasteiger partial charge < -0.3 is 4.40 Å². The lowest BCUT2D eigenvalue weighted by Gasteiger charge is -2.17. The van der Waals surface area contributed by atoms with E-state index in [1.807, 2.05) is 10.6 Å². The Kier molecular flexibility index (Phi) is 3.44. The third kappa shape index (κ3) is 2.31. The number of benzene rings is 1. The zero-order valence-electron chi connectivity index (χ0n) is 13.2. The van der Waals surface area contributed by atoms with Crippen LogP contribution in [0.5, 0.6) is 0 Å². The molecule has 1 aromatic carbocycles. The van der Waals surface area contributed by atoms with Crippen molar-refractivity contribution >= 4 is 11.4 Å². The van der Waals surface area contributed by atoms with Crippen LogP contribution in [0, 0.1) is 17.6 Å². The number of pyridine rings is 1. The Hall–Kier alpha value is -2.56. The van der Waals surface area contributed by atoms with Gasteiger partial charge in [0.05, 0.1) is 16.8 Å². The summed E-state index contributed by atoms with van der Waals surface area (Å²) in [7, 11) is 0. The van der Waals surface area contributed by atoms with E-state index in [1.165, 1.54) is 6.07 Å². The molecule has 0 radical (unpaired) electrons. The Bertz CT molecular complexity index is 961. The van der Waals surface area contributed by atoms with Crippen molar-refractivity contribution in [3.8, 4) is 0 Å². The molecule has 0 saturated carbocycles. The van der Waals surface area contributed by atoms with E-state index in [9.17, 15) is 13.6 Å². The normalized spacial score (nSPS) is 17.0. The minimum absolute atomic E-state index is 0.140. The van der Waals surface area contributed by atoms with Gasteiger partial charge in [0.2, 0.25) is 0 Å². The molecular weight excluding hydrogens is 310 g/mol. The monoisotopic (exact) mass is 326 g/mol. The molecule has 122 valence electrons. The first-order chi connectivity index (χ1) is 11.5. The van der Waals surface area contributed by atoms with Crippen molar-refractivity contribution in [1.82, 2.24) is 9.38 Å². The van der Waals surface area contributed by atoms with E-state index < -0.39 is 17.4 Å². The smallest absolute Gasteiger partial charge is 0.199 e. The zero-order chi connectivity index (χ0) is 16.8. The van der Waals surface area contributed by atoms with Crippen LogP contribution in [0.15, 0.2) is 36.5 Å². The van der Waals surface area contributed by atoms with Gasteiger partial charge in [-0.3, -0.25) is 4.79 Å². The number of fused-ring (bicyclic) bond motifs is 3. The average molecular weight is 326 g/mol. The Labute approximate surface area is 138 Å². The Balaban J connectivity index is 1.87. The van der Waals surface area contributed by atoms with Crippen LogP contribution in [-0.4, -0.2) is 15.2 Å². The molecule has 5 heteroatoms. The Morgan fingerprint density at radius 1 is 1.25 bits per heavy atom. The van der Waals surface area contributed by atoms with E-state index in [2.05, 4.69) is 11.9 Å². The number of aromatic nitrogens is 2. The summed E-state index contributed by atoms with van der Waals surface area (Å²) in [5.41, 5.74) is 2.88. The predicted octanol–water partition coefficient (Wildman–Crippen LogP) is 3.97. The van der Waals surface area contributed by atoms with Gasteiger partial charge in [0.25, 0.3) is 0 Å². The van der Waals surface area contributed by atoms with Gasteiger partial charge in [-0.2, -0.15) is 0 Å². The summed E-state index contributed by atoms with van der Waals surface area (Å²) in [5, 5.41) is 0. The highest BCUT2D eigenvalue weighted by molar-refractivity contribution is 6.12. The van der Waals surface area contributed by atoms with Crippen LogP contribution < -0.4 is 0 Å². The van der Waals surface area contributed by atoms with Gasteiger partial charge in [-0.15, -0.1) is 0 Å². The van der Waals surface area contributed by atoms with Crippen molar-refractivity contribution in [3.63, 3.8) is 0 Å². The van der Waals surface area contributed by atoms with E-state index in [1.54, 1.807) is 12.1 Å². The van der Waals surface area contributed by atoms with Crippen molar-refractivity contribution in [2.75, 3.05) is 0 Å². The minimum Gasteiger partial charge on any atom is -0.303 e. The molecule has 0 spiro atoms. The lowest BCUT2D eigenvalue weighted by molar-refractivity contribution is 0.103. The number of hydrogen-bond acceptors (Lipinski definition) is 2. The molecule has 1 atom stereocenters. The maximum absolute atomic E-state index is 14.0. The van der Waals surface area contributed by atoms with E-state index in [-0.39, 0.29) is 5.56 Å². The molecule has 0 aliphatic heterocycles. The van der Waals surface area contributed by atoms with Gasteiger partial charge in [-0.05, 0) is 49.4 Å². The van der Waals surface area contributed by atoms with E-state index in [0.717, 1.165) is 42.8 Å². The summed E-state index contributed by atoms with van der Waals surface area (Å²) in [6.45, 7) is 2.20. The number of rotatable bonds is 2. The first-order valence-corrected chi connectivity index (χ1v) is 8.03. The first kappa shape index (κ1) is 15.0. The van der Waals surface area contributed by atoms with E-state index in [0.29, 0.717) is 17.1 Å². The number of hydrogen-bond donors (Lipinski definition) is 0. The van der Waals surface area contributed by atoms with Crippen molar-refractivity contribution < 1.29 is 13.6 Å². The van der Waals surface area contributed by atoms with Gasteiger partial charge in [0.1, 0.15) is 17.3 Å². The van der Waals surface area contributed by atoms with Crippen LogP contribution in [0.3, 0.4) is 0 Å². The van der Waals surface area contributed by atoms with Crippen molar-refractivity contribution in [1.29, 1.82) is 0 Å². The Morgan fingerprint density at radius 2 is 2.08 bits per heavy atom. The molecule has 0 fully saturated rings. The summed E-state index contributed by atoms with van der Waals surface area (Å²) in [5.74, 6) is -1.46. The highest BCUT2D eigenvalue weighted by atomic mass is 19.1. The molecule has 0 bridgehead atoms. The van der Waals surface area contributed by atoms with Gasteiger partial charge >= 0.3 is 0 Å².